The lowest BCUT2D eigenvalue weighted by atomic mass is 10.1. The molecule has 39 heavy (non-hydrogen) atoms. The Kier molecular flexibility index (Phi) is 7.19. The second-order valence-corrected chi connectivity index (χ2v) is 12.4. The van der Waals surface area contributed by atoms with Gasteiger partial charge in [-0.15, -0.1) is 0 Å². The lowest BCUT2D eigenvalue weighted by molar-refractivity contribution is 0.482. The Balaban J connectivity index is 1.57. The summed E-state index contributed by atoms with van der Waals surface area (Å²) in [6.07, 6.45) is 7.02. The van der Waals surface area contributed by atoms with Crippen molar-refractivity contribution in [1.82, 2.24) is 19.5 Å². The molecule has 5 rings (SSSR count). The van der Waals surface area contributed by atoms with Crippen molar-refractivity contribution in [3.63, 3.8) is 0 Å². The first-order valence-corrected chi connectivity index (χ1v) is 15.0. The van der Waals surface area contributed by atoms with Crippen LogP contribution in [0.15, 0.2) is 55.8 Å². The maximum absolute atomic E-state index is 13.8. The van der Waals surface area contributed by atoms with Gasteiger partial charge in [-0.05, 0) is 69.9 Å². The molecule has 0 bridgehead atoms. The maximum Gasteiger partial charge on any atom is 0.295 e. The van der Waals surface area contributed by atoms with Crippen LogP contribution in [0.4, 0.5) is 5.82 Å². The standard InChI is InChI=1S/C28H33N7O3S/c1-16(29-3)23(24(30-4)20-10-11-20)25-32-15-22-27(34-25)35(17(2)19-8-9-19)28(36)26(33-22)31-14-18-6-12-21(13-7-18)39(5,37)38/h6-7,12-13,15,17,19-20H,4,8-11,14H2,1-3,5H3,(H,31,33)/b24-23+,29-16-/t17-/m0/s1. The van der Waals surface area contributed by atoms with Crippen molar-refractivity contribution < 1.29 is 8.42 Å². The average Bonchev–Trinajstić information content (AvgIpc) is 3.83. The number of aliphatic imine (C=N–C) groups is 2. The molecule has 0 aliphatic heterocycles. The van der Waals surface area contributed by atoms with Crippen molar-refractivity contribution in [2.75, 3.05) is 18.6 Å². The summed E-state index contributed by atoms with van der Waals surface area (Å²) in [6, 6.07) is 6.51. The zero-order chi connectivity index (χ0) is 27.9. The zero-order valence-corrected chi connectivity index (χ0v) is 23.5. The van der Waals surface area contributed by atoms with Crippen LogP contribution < -0.4 is 10.9 Å². The minimum atomic E-state index is -3.28. The summed E-state index contributed by atoms with van der Waals surface area (Å²) in [7, 11) is -1.56. The first kappa shape index (κ1) is 26.9. The molecule has 2 heterocycles. The van der Waals surface area contributed by atoms with Crippen LogP contribution >= 0.6 is 0 Å². The second-order valence-electron chi connectivity index (χ2n) is 10.4. The van der Waals surface area contributed by atoms with Gasteiger partial charge in [0.25, 0.3) is 5.56 Å². The van der Waals surface area contributed by atoms with Crippen LogP contribution in [0.25, 0.3) is 16.7 Å². The van der Waals surface area contributed by atoms with E-state index in [2.05, 4.69) is 32.0 Å². The van der Waals surface area contributed by atoms with Crippen LogP contribution in [0.3, 0.4) is 0 Å². The molecule has 2 aliphatic rings. The maximum atomic E-state index is 13.8. The van der Waals surface area contributed by atoms with Gasteiger partial charge in [0.2, 0.25) is 0 Å². The Bertz CT molecular complexity index is 1670. The number of aromatic nitrogens is 4. The highest BCUT2D eigenvalue weighted by atomic mass is 32.2. The molecule has 204 valence electrons. The van der Waals surface area contributed by atoms with Crippen LogP contribution in [0.1, 0.15) is 57.0 Å². The summed E-state index contributed by atoms with van der Waals surface area (Å²) in [5.41, 5.74) is 3.92. The summed E-state index contributed by atoms with van der Waals surface area (Å²) in [6.45, 7) is 8.05. The fraction of sp³-hybridized carbons (Fsp3) is 0.429. The molecule has 0 saturated heterocycles. The van der Waals surface area contributed by atoms with Crippen molar-refractivity contribution in [3.05, 3.63) is 57.9 Å². The Hall–Kier alpha value is -3.73. The van der Waals surface area contributed by atoms with Gasteiger partial charge in [-0.2, -0.15) is 0 Å². The number of anilines is 1. The Morgan fingerprint density at radius 3 is 2.44 bits per heavy atom. The largest absolute Gasteiger partial charge is 0.361 e. The predicted octanol–water partition coefficient (Wildman–Crippen LogP) is 4.09. The van der Waals surface area contributed by atoms with E-state index in [1.54, 1.807) is 42.1 Å². The van der Waals surface area contributed by atoms with Crippen LogP contribution in [-0.4, -0.2) is 53.7 Å². The molecule has 2 fully saturated rings. The van der Waals surface area contributed by atoms with Gasteiger partial charge in [0.1, 0.15) is 5.52 Å². The second kappa shape index (κ2) is 10.4. The molecule has 11 heteroatoms. The summed E-state index contributed by atoms with van der Waals surface area (Å²) in [5, 5.41) is 3.15. The number of nitrogens with one attached hydrogen (secondary N) is 1. The molecule has 0 amide bonds. The van der Waals surface area contributed by atoms with Crippen LogP contribution in [0, 0.1) is 11.8 Å². The summed E-state index contributed by atoms with van der Waals surface area (Å²) >= 11 is 0. The van der Waals surface area contributed by atoms with Crippen molar-refractivity contribution in [1.29, 1.82) is 0 Å². The van der Waals surface area contributed by atoms with E-state index in [9.17, 15) is 13.2 Å². The summed E-state index contributed by atoms with van der Waals surface area (Å²) < 4.78 is 25.3. The number of benzene rings is 1. The molecule has 3 aromatic rings. The van der Waals surface area contributed by atoms with E-state index in [1.807, 2.05) is 13.8 Å². The first-order chi connectivity index (χ1) is 18.6. The topological polar surface area (TPSA) is 132 Å². The lowest BCUT2D eigenvalue weighted by Crippen LogP contribution is -2.29. The Morgan fingerprint density at radius 2 is 1.87 bits per heavy atom. The number of sulfone groups is 1. The fourth-order valence-corrected chi connectivity index (χ4v) is 5.42. The Labute approximate surface area is 228 Å². The molecule has 0 radical (unpaired) electrons. The lowest BCUT2D eigenvalue weighted by Gasteiger charge is -2.19. The van der Waals surface area contributed by atoms with Crippen molar-refractivity contribution >= 4 is 44.8 Å². The van der Waals surface area contributed by atoms with E-state index in [0.717, 1.165) is 48.2 Å². The molecule has 2 aromatic heterocycles. The predicted molar refractivity (Wildman–Crippen MR) is 154 cm³/mol. The van der Waals surface area contributed by atoms with E-state index in [-0.39, 0.29) is 22.3 Å². The van der Waals surface area contributed by atoms with Crippen molar-refractivity contribution in [3.8, 4) is 0 Å². The van der Waals surface area contributed by atoms with Gasteiger partial charge in [0.15, 0.2) is 27.1 Å². The Morgan fingerprint density at radius 1 is 1.18 bits per heavy atom. The number of fused-ring (bicyclic) bond motifs is 1. The third-order valence-corrected chi connectivity index (χ3v) is 8.59. The molecular formula is C28H33N7O3S. The minimum Gasteiger partial charge on any atom is -0.361 e. The molecule has 1 N–H and O–H groups in total. The van der Waals surface area contributed by atoms with E-state index >= 15 is 0 Å². The normalized spacial score (nSPS) is 17.6. The van der Waals surface area contributed by atoms with E-state index in [4.69, 9.17) is 4.98 Å². The molecule has 0 unspecified atom stereocenters. The molecule has 2 aliphatic carbocycles. The zero-order valence-electron chi connectivity index (χ0n) is 22.7. The van der Waals surface area contributed by atoms with E-state index in [0.29, 0.717) is 35.4 Å². The van der Waals surface area contributed by atoms with Crippen molar-refractivity contribution in [2.45, 2.75) is 57.0 Å². The average molecular weight is 548 g/mol. The van der Waals surface area contributed by atoms with Crippen LogP contribution in [-0.2, 0) is 16.4 Å². The number of hydrogen-bond donors (Lipinski definition) is 1. The van der Waals surface area contributed by atoms with Gasteiger partial charge in [-0.25, -0.2) is 23.4 Å². The van der Waals surface area contributed by atoms with Crippen LogP contribution in [0.5, 0.6) is 0 Å². The number of allylic oxidation sites excluding steroid dienone is 2. The van der Waals surface area contributed by atoms with E-state index < -0.39 is 9.84 Å². The number of hydrogen-bond acceptors (Lipinski definition) is 9. The highest BCUT2D eigenvalue weighted by Crippen LogP contribution is 2.41. The van der Waals surface area contributed by atoms with Gasteiger partial charge in [-0.3, -0.25) is 19.3 Å². The highest BCUT2D eigenvalue weighted by molar-refractivity contribution is 7.90. The van der Waals surface area contributed by atoms with Gasteiger partial charge in [-0.1, -0.05) is 12.1 Å². The van der Waals surface area contributed by atoms with Gasteiger partial charge in [0.05, 0.1) is 22.4 Å². The minimum absolute atomic E-state index is 0.0610. The van der Waals surface area contributed by atoms with E-state index in [1.165, 1.54) is 6.26 Å². The molecule has 2 saturated carbocycles. The molecule has 10 nitrogen and oxygen atoms in total. The monoisotopic (exact) mass is 547 g/mol. The first-order valence-electron chi connectivity index (χ1n) is 13.1. The summed E-state index contributed by atoms with van der Waals surface area (Å²) in [4.78, 5) is 36.9. The van der Waals surface area contributed by atoms with Gasteiger partial charge >= 0.3 is 0 Å². The molecule has 1 atom stereocenters. The van der Waals surface area contributed by atoms with Gasteiger partial charge in [0, 0.05) is 37.5 Å². The quantitative estimate of drug-likeness (QED) is 0.378. The summed E-state index contributed by atoms with van der Waals surface area (Å²) in [5.74, 6) is 1.38. The third kappa shape index (κ3) is 5.54. The highest BCUT2D eigenvalue weighted by Gasteiger charge is 2.33. The number of nitrogens with zero attached hydrogens (tertiary/aromatic N) is 6. The SMILES string of the molecule is C=N/C(=C(\C(C)=N/C)c1ncc2nc(NCc3ccc(S(C)(=O)=O)cc3)c(=O)n([C@@H](C)C3CC3)c2n1)C1CC1. The smallest absolute Gasteiger partial charge is 0.295 e. The number of rotatable bonds is 10. The van der Waals surface area contributed by atoms with Crippen LogP contribution in [0.2, 0.25) is 0 Å². The molecular weight excluding hydrogens is 514 g/mol. The fourth-order valence-electron chi connectivity index (χ4n) is 4.79. The molecule has 1 aromatic carbocycles. The molecule has 0 spiro atoms. The van der Waals surface area contributed by atoms with Gasteiger partial charge < -0.3 is 5.32 Å². The third-order valence-electron chi connectivity index (χ3n) is 7.47. The van der Waals surface area contributed by atoms with Crippen molar-refractivity contribution in [2.24, 2.45) is 21.8 Å².